The Morgan fingerprint density at radius 2 is 1.73 bits per heavy atom. The molecule has 0 amide bonds. The Kier molecular flexibility index (Phi) is 9.97. The molecule has 1 aliphatic rings. The van der Waals surface area contributed by atoms with Crippen molar-refractivity contribution in [3.63, 3.8) is 0 Å². The van der Waals surface area contributed by atoms with Gasteiger partial charge in [-0.25, -0.2) is 0 Å². The van der Waals surface area contributed by atoms with Crippen LogP contribution in [0.25, 0.3) is 11.1 Å². The maximum atomic E-state index is 11.3. The van der Waals surface area contributed by atoms with Crippen molar-refractivity contribution in [3.05, 3.63) is 106 Å². The summed E-state index contributed by atoms with van der Waals surface area (Å²) in [5.74, 6) is 0.398. The topological polar surface area (TPSA) is 131 Å². The smallest absolute Gasteiger partial charge is 0.314 e. The zero-order valence-corrected chi connectivity index (χ0v) is 25.2. The molecule has 230 valence electrons. The second-order valence-electron chi connectivity index (χ2n) is 10.7. The van der Waals surface area contributed by atoms with Crippen molar-refractivity contribution in [1.82, 2.24) is 0 Å². The van der Waals surface area contributed by atoms with Gasteiger partial charge in [0, 0.05) is 17.8 Å². The summed E-state index contributed by atoms with van der Waals surface area (Å²) < 4.78 is 24.0. The van der Waals surface area contributed by atoms with E-state index in [1.807, 2.05) is 55.5 Å². The molecule has 9 nitrogen and oxygen atoms in total. The molecule has 2 N–H and O–H groups in total. The molecule has 4 aromatic rings. The number of aryl methyl sites for hydroxylation is 1. The molecule has 1 aliphatic heterocycles. The van der Waals surface area contributed by atoms with Crippen LogP contribution in [-0.2, 0) is 24.6 Å². The van der Waals surface area contributed by atoms with Crippen molar-refractivity contribution in [1.29, 1.82) is 5.26 Å². The van der Waals surface area contributed by atoms with Gasteiger partial charge in [0.2, 0.25) is 0 Å². The molecule has 0 saturated carbocycles. The molecule has 1 atom stereocenters. The molecule has 0 radical (unpaired) electrons. The van der Waals surface area contributed by atoms with Crippen LogP contribution in [0.4, 0.5) is 0 Å². The summed E-state index contributed by atoms with van der Waals surface area (Å²) >= 11 is 0. The van der Waals surface area contributed by atoms with Crippen LogP contribution in [0.1, 0.15) is 33.4 Å². The van der Waals surface area contributed by atoms with Crippen molar-refractivity contribution in [2.75, 3.05) is 19.8 Å². The molecule has 0 aliphatic carbocycles. The lowest BCUT2D eigenvalue weighted by atomic mass is 9.96. The van der Waals surface area contributed by atoms with E-state index >= 15 is 0 Å². The number of hydrogen-bond donors (Lipinski definition) is 2. The molecule has 0 bridgehead atoms. The highest BCUT2D eigenvalue weighted by molar-refractivity contribution is 5.88. The van der Waals surface area contributed by atoms with Crippen molar-refractivity contribution in [2.45, 2.75) is 33.6 Å². The first kappa shape index (κ1) is 31.1. The van der Waals surface area contributed by atoms with Crippen LogP contribution < -0.4 is 18.9 Å². The number of carboxylic acids is 1. The van der Waals surface area contributed by atoms with E-state index in [4.69, 9.17) is 18.9 Å². The number of carbonyl (C=O) groups is 1. The first-order chi connectivity index (χ1) is 21.9. The number of hydrogen-bond acceptors (Lipinski definition) is 8. The van der Waals surface area contributed by atoms with Crippen LogP contribution in [0.2, 0.25) is 0 Å². The first-order valence-electron chi connectivity index (χ1n) is 14.6. The number of benzene rings is 4. The second kappa shape index (κ2) is 14.4. The average Bonchev–Trinajstić information content (AvgIpc) is 3.06. The van der Waals surface area contributed by atoms with Crippen LogP contribution in [0.5, 0.6) is 23.0 Å². The largest absolute Gasteiger partial charge is 0.488 e. The monoisotopic (exact) mass is 606 g/mol. The first-order valence-corrected chi connectivity index (χ1v) is 14.6. The fraction of sp³-hybridized carbons (Fsp3) is 0.250. The van der Waals surface area contributed by atoms with E-state index in [2.05, 4.69) is 24.1 Å². The van der Waals surface area contributed by atoms with Crippen molar-refractivity contribution in [2.24, 2.45) is 10.9 Å². The summed E-state index contributed by atoms with van der Waals surface area (Å²) in [7, 11) is 0. The maximum absolute atomic E-state index is 11.3. The number of aliphatic hydroxyl groups is 1. The van der Waals surface area contributed by atoms with Gasteiger partial charge in [0.1, 0.15) is 43.8 Å². The molecule has 0 saturated heterocycles. The standard InChI is InChI=1S/C36H34N2O7/c1-23-13-29(18-38-19-30(20-39)36(40)41)34(44-21-26-6-3-5-25(14-26)17-37)16-33(23)45-22-28-7-4-8-31(24(28)2)27-9-10-32-35(15-27)43-12-11-42-32/h3-10,13-16,19,30,39H,11-12,18,20-22H2,1-2H3,(H,40,41). The third-order valence-electron chi connectivity index (χ3n) is 7.55. The van der Waals surface area contributed by atoms with Gasteiger partial charge in [-0.15, -0.1) is 0 Å². The predicted molar refractivity (Wildman–Crippen MR) is 169 cm³/mol. The highest BCUT2D eigenvalue weighted by Crippen LogP contribution is 2.37. The highest BCUT2D eigenvalue weighted by atomic mass is 16.6. The third kappa shape index (κ3) is 7.61. The SMILES string of the molecule is Cc1cc(CN=CC(CO)C(=O)O)c(OCc2cccc(C#N)c2)cc1OCc1cccc(-c2ccc3c(c2)OCCO3)c1C. The fourth-order valence-electron chi connectivity index (χ4n) is 5.02. The Morgan fingerprint density at radius 3 is 2.51 bits per heavy atom. The Labute approximate surface area is 261 Å². The van der Waals surface area contributed by atoms with Gasteiger partial charge in [0.15, 0.2) is 11.5 Å². The van der Waals surface area contributed by atoms with Gasteiger partial charge in [-0.05, 0) is 77.6 Å². The van der Waals surface area contributed by atoms with E-state index in [0.29, 0.717) is 36.9 Å². The van der Waals surface area contributed by atoms with Gasteiger partial charge in [0.05, 0.1) is 24.8 Å². The van der Waals surface area contributed by atoms with Crippen LogP contribution in [0.3, 0.4) is 0 Å². The maximum Gasteiger partial charge on any atom is 0.314 e. The van der Waals surface area contributed by atoms with Crippen molar-refractivity contribution < 1.29 is 34.0 Å². The van der Waals surface area contributed by atoms with Crippen molar-refractivity contribution in [3.8, 4) is 40.2 Å². The molecule has 0 spiro atoms. The number of nitriles is 1. The van der Waals surface area contributed by atoms with Gasteiger partial charge in [-0.2, -0.15) is 5.26 Å². The molecular formula is C36H34N2O7. The number of ether oxygens (including phenoxy) is 4. The lowest BCUT2D eigenvalue weighted by molar-refractivity contribution is -0.140. The number of aliphatic imine (C=N–C) groups is 1. The lowest BCUT2D eigenvalue weighted by Gasteiger charge is -2.20. The molecule has 5 rings (SSSR count). The molecule has 45 heavy (non-hydrogen) atoms. The summed E-state index contributed by atoms with van der Waals surface area (Å²) in [6.07, 6.45) is 1.24. The van der Waals surface area contributed by atoms with Gasteiger partial charge >= 0.3 is 5.97 Å². The number of aliphatic carboxylic acids is 1. The van der Waals surface area contributed by atoms with Crippen molar-refractivity contribution >= 4 is 12.2 Å². The number of aliphatic hydroxyl groups excluding tert-OH is 1. The normalized spacial score (nSPS) is 12.8. The van der Waals surface area contributed by atoms with Crippen LogP contribution in [-0.4, -0.2) is 42.2 Å². The van der Waals surface area contributed by atoms with E-state index in [1.165, 1.54) is 6.21 Å². The Balaban J connectivity index is 1.38. The minimum Gasteiger partial charge on any atom is -0.488 e. The van der Waals surface area contributed by atoms with E-state index in [9.17, 15) is 20.3 Å². The van der Waals surface area contributed by atoms with Gasteiger partial charge < -0.3 is 29.2 Å². The second-order valence-corrected chi connectivity index (χ2v) is 10.7. The molecule has 0 fully saturated rings. The fourth-order valence-corrected chi connectivity index (χ4v) is 5.02. The summed E-state index contributed by atoms with van der Waals surface area (Å²) in [5, 5.41) is 27.8. The number of fused-ring (bicyclic) bond motifs is 1. The van der Waals surface area contributed by atoms with Crippen LogP contribution in [0.15, 0.2) is 77.8 Å². The Morgan fingerprint density at radius 1 is 0.956 bits per heavy atom. The average molecular weight is 607 g/mol. The molecular weight excluding hydrogens is 572 g/mol. The lowest BCUT2D eigenvalue weighted by Crippen LogP contribution is -2.19. The summed E-state index contributed by atoms with van der Waals surface area (Å²) in [6.45, 7) is 5.20. The Bertz CT molecular complexity index is 1760. The number of carboxylic acid groups (broad SMARTS) is 1. The minimum absolute atomic E-state index is 0.148. The molecule has 0 aromatic heterocycles. The quantitative estimate of drug-likeness (QED) is 0.187. The molecule has 1 heterocycles. The molecule has 1 unspecified atom stereocenters. The molecule has 9 heteroatoms. The zero-order chi connectivity index (χ0) is 31.8. The number of rotatable bonds is 12. The zero-order valence-electron chi connectivity index (χ0n) is 25.2. The summed E-state index contributed by atoms with van der Waals surface area (Å²) in [6, 6.07) is 25.1. The predicted octanol–water partition coefficient (Wildman–Crippen LogP) is 6.04. The van der Waals surface area contributed by atoms with Gasteiger partial charge in [0.25, 0.3) is 0 Å². The third-order valence-corrected chi connectivity index (χ3v) is 7.55. The Hall–Kier alpha value is -5.33. The summed E-state index contributed by atoms with van der Waals surface area (Å²) in [5.41, 5.74) is 7.16. The van der Waals surface area contributed by atoms with E-state index in [1.54, 1.807) is 18.2 Å². The van der Waals surface area contributed by atoms with Crippen LogP contribution >= 0.6 is 0 Å². The van der Waals surface area contributed by atoms with E-state index in [0.717, 1.165) is 50.4 Å². The van der Waals surface area contributed by atoms with Gasteiger partial charge in [-0.3, -0.25) is 9.79 Å². The van der Waals surface area contributed by atoms with Crippen LogP contribution in [0, 0.1) is 31.1 Å². The highest BCUT2D eigenvalue weighted by Gasteiger charge is 2.16. The molecule has 4 aromatic carbocycles. The van der Waals surface area contributed by atoms with Gasteiger partial charge in [-0.1, -0.05) is 36.4 Å². The minimum atomic E-state index is -1.15. The number of nitrogens with zero attached hydrogens (tertiary/aromatic N) is 2. The van der Waals surface area contributed by atoms with E-state index in [-0.39, 0.29) is 13.2 Å². The summed E-state index contributed by atoms with van der Waals surface area (Å²) in [4.78, 5) is 15.6. The van der Waals surface area contributed by atoms with E-state index < -0.39 is 18.5 Å².